The Morgan fingerprint density at radius 3 is 1.44 bits per heavy atom. The van der Waals surface area contributed by atoms with Gasteiger partial charge in [-0.2, -0.15) is 0 Å². The maximum absolute atomic E-state index is 9.45. The van der Waals surface area contributed by atoms with Gasteiger partial charge in [0.05, 0.1) is 0 Å². The predicted molar refractivity (Wildman–Crippen MR) is 26.2 cm³/mol. The Labute approximate surface area is 188 Å². The largest absolute Gasteiger partial charge is 1.00 e. The summed E-state index contributed by atoms with van der Waals surface area (Å²) in [5.41, 5.74) is 0. The van der Waals surface area contributed by atoms with E-state index in [9.17, 15) is 4.57 Å². The molecule has 0 saturated heterocycles. The summed E-state index contributed by atoms with van der Waals surface area (Å²) in [6, 6.07) is 0. The fourth-order valence-corrected chi connectivity index (χ4v) is 0. The van der Waals surface area contributed by atoms with Crippen molar-refractivity contribution in [2.75, 3.05) is 0 Å². The number of hydrogen-bond acceptors (Lipinski definition) is 2. The van der Waals surface area contributed by atoms with Gasteiger partial charge in [-0.05, 0) is 0 Å². The first kappa shape index (κ1) is 23.9. The van der Waals surface area contributed by atoms with E-state index in [1.165, 1.54) is 9.47 Å². The van der Waals surface area contributed by atoms with Crippen LogP contribution in [0.5, 0.6) is 0 Å². The Kier molecular flexibility index (Phi) is 35.8. The van der Waals surface area contributed by atoms with E-state index in [0.29, 0.717) is 0 Å². The standard InChI is InChI=1S/3K.H4O4P2.3H/c;;;1-6(2,3)4-5;;;/h;;;5H2,(H2,1,2,3);;;/q3*+1;;3*-1. The third kappa shape index (κ3) is 24.7. The fraction of sp³-hybridized carbons (Fsp3) is 0. The second-order valence-corrected chi connectivity index (χ2v) is 2.42. The Balaban J connectivity index is -0.00000000833. The molecule has 9 heteroatoms. The van der Waals surface area contributed by atoms with Crippen LogP contribution in [-0.4, -0.2) is 9.79 Å². The molecule has 0 bridgehead atoms. The molecule has 2 N–H and O–H groups in total. The van der Waals surface area contributed by atoms with E-state index in [4.69, 9.17) is 9.79 Å². The van der Waals surface area contributed by atoms with Crippen molar-refractivity contribution >= 4 is 17.3 Å². The molecule has 44 valence electrons. The SMILES string of the molecule is O=P(O)(O)OP.[H-].[H-].[H-].[K+].[K+].[K+]. The molecule has 0 aliphatic heterocycles. The molecule has 0 heterocycles. The summed E-state index contributed by atoms with van der Waals surface area (Å²) in [5.74, 6) is 0. The van der Waals surface area contributed by atoms with Crippen LogP contribution in [0.4, 0.5) is 0 Å². The summed E-state index contributed by atoms with van der Waals surface area (Å²) < 4.78 is 13.0. The van der Waals surface area contributed by atoms with Crippen molar-refractivity contribution in [2.24, 2.45) is 0 Å². The predicted octanol–water partition coefficient (Wildman–Crippen LogP) is -8.76. The quantitative estimate of drug-likeness (QED) is 0.358. The van der Waals surface area contributed by atoms with Crippen LogP contribution in [0.25, 0.3) is 0 Å². The zero-order valence-corrected chi connectivity index (χ0v) is 17.2. The van der Waals surface area contributed by atoms with Gasteiger partial charge in [0.1, 0.15) is 0 Å². The fourth-order valence-electron chi connectivity index (χ4n) is 0. The zero-order chi connectivity index (χ0) is 5.21. The Bertz CT molecular complexity index is 87.6. The first-order valence-corrected chi connectivity index (χ1v) is 3.00. The van der Waals surface area contributed by atoms with E-state index in [1.807, 2.05) is 0 Å². The van der Waals surface area contributed by atoms with Gasteiger partial charge in [0, 0.05) is 9.47 Å². The molecule has 1 atom stereocenters. The molecule has 0 saturated carbocycles. The molecule has 0 fully saturated rings. The van der Waals surface area contributed by atoms with E-state index in [1.54, 1.807) is 0 Å². The van der Waals surface area contributed by atoms with Gasteiger partial charge in [0.15, 0.2) is 0 Å². The van der Waals surface area contributed by atoms with Crippen LogP contribution >= 0.6 is 17.3 Å². The first-order chi connectivity index (χ1) is 2.56. The van der Waals surface area contributed by atoms with E-state index in [-0.39, 0.29) is 158 Å². The molecule has 1 unspecified atom stereocenters. The molecule has 0 rings (SSSR count). The van der Waals surface area contributed by atoms with Gasteiger partial charge in [-0.15, -0.1) is 0 Å². The van der Waals surface area contributed by atoms with Crippen LogP contribution in [0.2, 0.25) is 0 Å². The molecule has 0 radical (unpaired) electrons. The van der Waals surface area contributed by atoms with Crippen molar-refractivity contribution in [3.8, 4) is 0 Å². The molecular weight excluding hydrogens is 243 g/mol. The minimum absolute atomic E-state index is 0. The molecular formula is H7K3O4P2. The molecule has 0 aliphatic rings. The summed E-state index contributed by atoms with van der Waals surface area (Å²) in [6.07, 6.45) is 0. The monoisotopic (exact) mass is 250 g/mol. The van der Waals surface area contributed by atoms with Crippen molar-refractivity contribution < 1.29 is 177 Å². The van der Waals surface area contributed by atoms with Crippen molar-refractivity contribution in [3.05, 3.63) is 0 Å². The average molecular weight is 250 g/mol. The zero-order valence-electron chi connectivity index (χ0n) is 8.74. The van der Waals surface area contributed by atoms with Crippen LogP contribution in [0.3, 0.4) is 0 Å². The van der Waals surface area contributed by atoms with Gasteiger partial charge in [-0.25, -0.2) is 4.57 Å². The molecule has 0 spiro atoms. The van der Waals surface area contributed by atoms with Crippen LogP contribution < -0.4 is 154 Å². The third-order valence-corrected chi connectivity index (χ3v) is 1.24. The molecule has 0 amide bonds. The third-order valence-electron chi connectivity index (χ3n) is 0.137. The Hall–Kier alpha value is 5.45. The molecule has 0 aromatic carbocycles. The second-order valence-electron chi connectivity index (χ2n) is 0.596. The first-order valence-electron chi connectivity index (χ1n) is 1.00. The van der Waals surface area contributed by atoms with E-state index in [0.717, 1.165) is 0 Å². The summed E-state index contributed by atoms with van der Waals surface area (Å²) in [6.45, 7) is 0. The topological polar surface area (TPSA) is 66.8 Å². The van der Waals surface area contributed by atoms with Gasteiger partial charge < -0.3 is 14.1 Å². The molecule has 0 aliphatic carbocycles. The Morgan fingerprint density at radius 1 is 1.33 bits per heavy atom. The van der Waals surface area contributed by atoms with Gasteiger partial charge in [-0.3, -0.25) is 4.31 Å². The van der Waals surface area contributed by atoms with E-state index < -0.39 is 7.82 Å². The van der Waals surface area contributed by atoms with Crippen molar-refractivity contribution in [1.82, 2.24) is 0 Å². The van der Waals surface area contributed by atoms with Crippen molar-refractivity contribution in [3.63, 3.8) is 0 Å². The minimum Gasteiger partial charge on any atom is -1.00 e. The second kappa shape index (κ2) is 13.4. The molecule has 0 aromatic rings. The normalized spacial score (nSPS) is 7.89. The summed E-state index contributed by atoms with van der Waals surface area (Å²) in [4.78, 5) is 15.4. The molecule has 0 aromatic heterocycles. The van der Waals surface area contributed by atoms with Crippen LogP contribution in [-0.2, 0) is 8.88 Å². The van der Waals surface area contributed by atoms with E-state index >= 15 is 0 Å². The van der Waals surface area contributed by atoms with Gasteiger partial charge in [0.2, 0.25) is 0 Å². The van der Waals surface area contributed by atoms with Gasteiger partial charge >= 0.3 is 162 Å². The van der Waals surface area contributed by atoms with Gasteiger partial charge in [0.25, 0.3) is 0 Å². The minimum atomic E-state index is -4.18. The summed E-state index contributed by atoms with van der Waals surface area (Å²) >= 11 is 0. The Morgan fingerprint density at radius 2 is 1.44 bits per heavy atom. The maximum atomic E-state index is 9.45. The number of phosphoric acid groups is 1. The maximum Gasteiger partial charge on any atom is 1.00 e. The molecule has 9 heavy (non-hydrogen) atoms. The van der Waals surface area contributed by atoms with Crippen LogP contribution in [0, 0.1) is 0 Å². The summed E-state index contributed by atoms with van der Waals surface area (Å²) in [7, 11) is -2.72. The number of hydrogen-bond donors (Lipinski definition) is 2. The van der Waals surface area contributed by atoms with E-state index in [2.05, 4.69) is 4.31 Å². The van der Waals surface area contributed by atoms with Crippen molar-refractivity contribution in [2.45, 2.75) is 0 Å². The molecule has 4 nitrogen and oxygen atoms in total. The summed E-state index contributed by atoms with van der Waals surface area (Å²) in [5, 5.41) is 0. The van der Waals surface area contributed by atoms with Crippen LogP contribution in [0.15, 0.2) is 0 Å². The van der Waals surface area contributed by atoms with Crippen molar-refractivity contribution in [1.29, 1.82) is 0 Å². The average Bonchev–Trinajstić information content (AvgIpc) is 1.35. The van der Waals surface area contributed by atoms with Crippen LogP contribution in [0.1, 0.15) is 4.28 Å². The number of rotatable bonds is 1. The smallest absolute Gasteiger partial charge is 1.00 e. The van der Waals surface area contributed by atoms with Gasteiger partial charge in [-0.1, -0.05) is 0 Å².